The molecule has 1 aliphatic heterocycles. The van der Waals surface area contributed by atoms with Gasteiger partial charge in [-0.15, -0.1) is 6.58 Å². The molecule has 5 amide bonds. The Balaban J connectivity index is 0.00000260. The Hall–Kier alpha value is -3.44. The van der Waals surface area contributed by atoms with E-state index >= 15 is 0 Å². The van der Waals surface area contributed by atoms with Crippen LogP contribution in [0.25, 0.3) is 0 Å². The van der Waals surface area contributed by atoms with Gasteiger partial charge in [-0.05, 0) is 64.2 Å². The number of nitrogens with one attached hydrogen (secondary N) is 4. The lowest BCUT2D eigenvalue weighted by Crippen LogP contribution is -2.59. The van der Waals surface area contributed by atoms with Crippen molar-refractivity contribution in [3.63, 3.8) is 0 Å². The fraction of sp³-hybridized carbons (Fsp3) is 0.771. The van der Waals surface area contributed by atoms with Crippen LogP contribution in [0.15, 0.2) is 12.7 Å². The second kappa shape index (κ2) is 20.7. The van der Waals surface area contributed by atoms with Crippen LogP contribution in [0.5, 0.6) is 0 Å². The standard InChI is InChI=1S/C31H51N5O7.C4H10/c1-7-9-15-22(26(38)28(40)32-17-8-2)34-27(39)25-20(3)16-18-36(25)29(41)24(21-13-11-10-12-14-21)35-30(42)33-19-23(37)43-31(4,5)6;1-4(2)3/h8,20-22,24-25H,2,7,9-19H2,1,3-6H3,(H,32,40)(H,34,39)(H2,33,35,42);4H,1-3H3/t20-,22?,24?,25-;/m0./s1. The highest BCUT2D eigenvalue weighted by Crippen LogP contribution is 2.31. The average Bonchev–Trinajstić information content (AvgIpc) is 3.39. The number of rotatable bonds is 14. The number of esters is 1. The number of carbonyl (C=O) groups excluding carboxylic acids is 6. The minimum Gasteiger partial charge on any atom is -0.459 e. The molecule has 2 aliphatic rings. The second-order valence-electron chi connectivity index (χ2n) is 14.3. The number of likely N-dealkylation sites (tertiary alicyclic amines) is 1. The number of Topliss-reactive ketones (excluding diaryl/α,β-unsaturated/α-hetero) is 1. The Morgan fingerprint density at radius 1 is 0.957 bits per heavy atom. The smallest absolute Gasteiger partial charge is 0.325 e. The summed E-state index contributed by atoms with van der Waals surface area (Å²) in [5, 5.41) is 10.5. The summed E-state index contributed by atoms with van der Waals surface area (Å²) in [4.78, 5) is 79.4. The molecule has 0 spiro atoms. The average molecular weight is 664 g/mol. The molecule has 2 fully saturated rings. The van der Waals surface area contributed by atoms with Crippen LogP contribution in [0.3, 0.4) is 0 Å². The first-order chi connectivity index (χ1) is 22.0. The molecule has 1 heterocycles. The lowest BCUT2D eigenvalue weighted by Gasteiger charge is -2.35. The maximum absolute atomic E-state index is 14.1. The highest BCUT2D eigenvalue weighted by molar-refractivity contribution is 6.38. The number of hydrogen-bond acceptors (Lipinski definition) is 7. The molecule has 0 aromatic carbocycles. The van der Waals surface area contributed by atoms with Crippen molar-refractivity contribution in [3.8, 4) is 0 Å². The minimum absolute atomic E-state index is 0.124. The minimum atomic E-state index is -1.02. The predicted molar refractivity (Wildman–Crippen MR) is 182 cm³/mol. The number of urea groups is 1. The van der Waals surface area contributed by atoms with Crippen LogP contribution >= 0.6 is 0 Å². The molecule has 2 rings (SSSR count). The van der Waals surface area contributed by atoms with Gasteiger partial charge in [-0.1, -0.05) is 72.8 Å². The van der Waals surface area contributed by atoms with Crippen LogP contribution < -0.4 is 21.3 Å². The normalized spacial score (nSPS) is 19.4. The molecule has 47 heavy (non-hydrogen) atoms. The van der Waals surface area contributed by atoms with Crippen molar-refractivity contribution in [2.24, 2.45) is 17.8 Å². The fourth-order valence-corrected chi connectivity index (χ4v) is 5.69. The predicted octanol–water partition coefficient (Wildman–Crippen LogP) is 4.02. The number of ether oxygens (including phenoxy) is 1. The van der Waals surface area contributed by atoms with E-state index in [-0.39, 0.29) is 30.8 Å². The first kappa shape index (κ1) is 41.6. The molecule has 4 N–H and O–H groups in total. The van der Waals surface area contributed by atoms with Crippen molar-refractivity contribution in [2.75, 3.05) is 19.6 Å². The van der Waals surface area contributed by atoms with E-state index in [0.717, 1.165) is 44.4 Å². The van der Waals surface area contributed by atoms with Gasteiger partial charge in [0.05, 0.1) is 6.04 Å². The van der Waals surface area contributed by atoms with Crippen molar-refractivity contribution < 1.29 is 33.5 Å². The third kappa shape index (κ3) is 15.3. The van der Waals surface area contributed by atoms with Crippen molar-refractivity contribution >= 4 is 35.5 Å². The van der Waals surface area contributed by atoms with Crippen LogP contribution in [0, 0.1) is 17.8 Å². The number of unbranched alkanes of at least 4 members (excludes halogenated alkanes) is 1. The van der Waals surface area contributed by atoms with Gasteiger partial charge in [-0.2, -0.15) is 0 Å². The van der Waals surface area contributed by atoms with Crippen LogP contribution in [-0.2, 0) is 28.7 Å². The lowest BCUT2D eigenvalue weighted by atomic mass is 9.83. The van der Waals surface area contributed by atoms with E-state index in [1.54, 1.807) is 20.8 Å². The van der Waals surface area contributed by atoms with Gasteiger partial charge in [0.25, 0.3) is 5.91 Å². The molecular weight excluding hydrogens is 602 g/mol. The third-order valence-electron chi connectivity index (χ3n) is 7.85. The zero-order chi connectivity index (χ0) is 35.7. The summed E-state index contributed by atoms with van der Waals surface area (Å²) in [6.45, 7) is 19.1. The summed E-state index contributed by atoms with van der Waals surface area (Å²) in [6.07, 6.45) is 8.10. The molecule has 1 saturated heterocycles. The number of hydrogen-bond donors (Lipinski definition) is 4. The Morgan fingerprint density at radius 2 is 1.57 bits per heavy atom. The topological polar surface area (TPSA) is 163 Å². The van der Waals surface area contributed by atoms with E-state index in [2.05, 4.69) is 48.6 Å². The molecule has 0 radical (unpaired) electrons. The van der Waals surface area contributed by atoms with Gasteiger partial charge in [0.1, 0.15) is 24.2 Å². The molecule has 12 nitrogen and oxygen atoms in total. The number of nitrogens with zero attached hydrogens (tertiary/aromatic N) is 1. The highest BCUT2D eigenvalue weighted by Gasteiger charge is 2.44. The second-order valence-corrected chi connectivity index (χ2v) is 14.3. The lowest BCUT2D eigenvalue weighted by molar-refractivity contribution is -0.153. The van der Waals surface area contributed by atoms with Crippen LogP contribution in [0.4, 0.5) is 4.79 Å². The largest absolute Gasteiger partial charge is 0.459 e. The van der Waals surface area contributed by atoms with Gasteiger partial charge in [0.15, 0.2) is 0 Å². The molecular formula is C35H61N5O7. The number of carbonyl (C=O) groups is 6. The van der Waals surface area contributed by atoms with Crippen molar-refractivity contribution in [2.45, 2.75) is 137 Å². The molecule has 0 aromatic rings. The molecule has 1 saturated carbocycles. The third-order valence-corrected chi connectivity index (χ3v) is 7.85. The van der Waals surface area contributed by atoms with Crippen LogP contribution in [0.1, 0.15) is 113 Å². The van der Waals surface area contributed by atoms with Gasteiger partial charge in [-0.25, -0.2) is 4.79 Å². The van der Waals surface area contributed by atoms with Gasteiger partial charge in [-0.3, -0.25) is 24.0 Å². The summed E-state index contributed by atoms with van der Waals surface area (Å²) in [5.74, 6) is -2.50. The molecule has 0 bridgehead atoms. The quantitative estimate of drug-likeness (QED) is 0.124. The molecule has 268 valence electrons. The Bertz CT molecular complexity index is 1060. The zero-order valence-corrected chi connectivity index (χ0v) is 30.0. The van der Waals surface area contributed by atoms with Crippen LogP contribution in [-0.4, -0.2) is 83.8 Å². The maximum Gasteiger partial charge on any atom is 0.325 e. The Morgan fingerprint density at radius 3 is 2.13 bits per heavy atom. The highest BCUT2D eigenvalue weighted by atomic mass is 16.6. The van der Waals surface area contributed by atoms with E-state index in [0.29, 0.717) is 25.8 Å². The summed E-state index contributed by atoms with van der Waals surface area (Å²) in [7, 11) is 0. The van der Waals surface area contributed by atoms with E-state index in [9.17, 15) is 28.8 Å². The van der Waals surface area contributed by atoms with E-state index in [1.807, 2.05) is 13.8 Å². The fourth-order valence-electron chi connectivity index (χ4n) is 5.69. The van der Waals surface area contributed by atoms with Crippen molar-refractivity contribution in [3.05, 3.63) is 12.7 Å². The van der Waals surface area contributed by atoms with E-state index in [1.165, 1.54) is 11.0 Å². The molecule has 4 atom stereocenters. The first-order valence-corrected chi connectivity index (χ1v) is 17.3. The molecule has 2 unspecified atom stereocenters. The van der Waals surface area contributed by atoms with E-state index < -0.39 is 53.3 Å². The van der Waals surface area contributed by atoms with Crippen LogP contribution in [0.2, 0.25) is 0 Å². The van der Waals surface area contributed by atoms with Crippen molar-refractivity contribution in [1.29, 1.82) is 0 Å². The Labute approximate surface area is 281 Å². The van der Waals surface area contributed by atoms with E-state index in [4.69, 9.17) is 4.74 Å². The molecule has 12 heteroatoms. The first-order valence-electron chi connectivity index (χ1n) is 17.3. The van der Waals surface area contributed by atoms with Gasteiger partial charge < -0.3 is 30.9 Å². The SMILES string of the molecule is C=CCNC(=O)C(=O)C(CCCC)NC(=O)[C@@H]1[C@@H](C)CCN1C(=O)C(NC(=O)NCC(=O)OC(C)(C)C)C1CCCCC1.CC(C)C. The summed E-state index contributed by atoms with van der Waals surface area (Å²) in [6, 6.07) is -3.44. The molecule has 1 aliphatic carbocycles. The van der Waals surface area contributed by atoms with Crippen molar-refractivity contribution in [1.82, 2.24) is 26.2 Å². The number of ketones is 1. The Kier molecular flexibility index (Phi) is 18.3. The summed E-state index contributed by atoms with van der Waals surface area (Å²) in [5.41, 5.74) is -0.701. The maximum atomic E-state index is 14.1. The van der Waals surface area contributed by atoms with Gasteiger partial charge in [0, 0.05) is 13.1 Å². The summed E-state index contributed by atoms with van der Waals surface area (Å²) < 4.78 is 5.24. The molecule has 0 aromatic heterocycles. The number of amides is 5. The van der Waals surface area contributed by atoms with Gasteiger partial charge in [0.2, 0.25) is 17.6 Å². The summed E-state index contributed by atoms with van der Waals surface area (Å²) >= 11 is 0. The monoisotopic (exact) mass is 663 g/mol. The zero-order valence-electron chi connectivity index (χ0n) is 30.0. The van der Waals surface area contributed by atoms with Gasteiger partial charge >= 0.3 is 12.0 Å².